The summed E-state index contributed by atoms with van der Waals surface area (Å²) in [6, 6.07) is 0.240. The zero-order valence-corrected chi connectivity index (χ0v) is 18.6. The molecule has 0 aromatic carbocycles. The van der Waals surface area contributed by atoms with Crippen LogP contribution in [-0.2, 0) is 27.9 Å². The summed E-state index contributed by atoms with van der Waals surface area (Å²) >= 11 is 5.01. The molecule has 0 saturated carbocycles. The lowest BCUT2D eigenvalue weighted by Crippen LogP contribution is -2.44. The van der Waals surface area contributed by atoms with Crippen molar-refractivity contribution >= 4 is 25.9 Å². The van der Waals surface area contributed by atoms with Gasteiger partial charge in [0.05, 0.1) is 28.6 Å². The van der Waals surface area contributed by atoms with Crippen LogP contribution in [0.25, 0.3) is 0 Å². The predicted octanol–water partition coefficient (Wildman–Crippen LogP) is -0.800. The van der Waals surface area contributed by atoms with Gasteiger partial charge in [-0.1, -0.05) is 0 Å². The van der Waals surface area contributed by atoms with Crippen LogP contribution in [0.15, 0.2) is 17.1 Å². The highest BCUT2D eigenvalue weighted by Crippen LogP contribution is 2.45. The van der Waals surface area contributed by atoms with Crippen molar-refractivity contribution in [1.29, 1.82) is 0 Å². The molecule has 1 aromatic heterocycles. The molecule has 0 spiro atoms. The molecule has 5 N–H and O–H groups in total. The van der Waals surface area contributed by atoms with E-state index in [9.17, 15) is 29.3 Å². The summed E-state index contributed by atoms with van der Waals surface area (Å²) < 4.78 is 49.0. The number of hydrogen-bond acceptors (Lipinski definition) is 10. The van der Waals surface area contributed by atoms with E-state index in [0.717, 1.165) is 17.6 Å². The maximum Gasteiger partial charge on any atom is 0.472 e. The zero-order chi connectivity index (χ0) is 25.2. The average molecular weight is 485 g/mol. The fourth-order valence-electron chi connectivity index (χ4n) is 2.80. The maximum atomic E-state index is 12.3. The molecule has 1 amide bonds. The molecule has 1 fully saturated rings. The molecule has 0 radical (unpaired) electrons. The fourth-order valence-corrected chi connectivity index (χ4v) is 3.72. The molecule has 0 aliphatic carbocycles. The number of nitrogens with one attached hydrogen (secondary N) is 2. The Morgan fingerprint density at radius 1 is 1.55 bits per heavy atom. The molecule has 1 saturated heterocycles. The van der Waals surface area contributed by atoms with E-state index in [1.165, 1.54) is 20.2 Å². The third-order valence-corrected chi connectivity index (χ3v) is 5.39. The number of nitrogens with zero attached hydrogens (tertiary/aromatic N) is 1. The molecule has 1 aromatic rings. The number of methoxy groups -OCH3 is 1. The molecule has 1 aliphatic heterocycles. The van der Waals surface area contributed by atoms with Crippen LogP contribution in [0.2, 0.25) is 0 Å². The first kappa shape index (κ1) is 22.7. The Labute approximate surface area is 185 Å². The fraction of sp³-hybridized carbons (Fsp3) is 0.688. The summed E-state index contributed by atoms with van der Waals surface area (Å²) in [6.07, 6.45) is -4.23. The van der Waals surface area contributed by atoms with E-state index in [2.05, 4.69) is 14.8 Å². The van der Waals surface area contributed by atoms with Crippen LogP contribution in [0.1, 0.15) is 22.8 Å². The molecule has 31 heavy (non-hydrogen) atoms. The van der Waals surface area contributed by atoms with Gasteiger partial charge in [0.1, 0.15) is 17.8 Å². The van der Waals surface area contributed by atoms with Gasteiger partial charge in [0.2, 0.25) is 5.91 Å². The number of ether oxygens (including phenoxy) is 2. The second-order valence-corrected chi connectivity index (χ2v) is 8.69. The van der Waals surface area contributed by atoms with Crippen molar-refractivity contribution in [3.63, 3.8) is 0 Å². The zero-order valence-electron chi connectivity index (χ0n) is 18.9. The van der Waals surface area contributed by atoms with Gasteiger partial charge in [-0.3, -0.25) is 28.2 Å². The summed E-state index contributed by atoms with van der Waals surface area (Å²) in [5.41, 5.74) is -2.68. The Bertz CT molecular complexity index is 1020. The van der Waals surface area contributed by atoms with Crippen molar-refractivity contribution in [2.24, 2.45) is 0 Å². The van der Waals surface area contributed by atoms with Crippen molar-refractivity contribution in [2.45, 2.75) is 43.9 Å². The Morgan fingerprint density at radius 2 is 2.23 bits per heavy atom. The summed E-state index contributed by atoms with van der Waals surface area (Å²) in [7, 11) is -3.76. The number of aliphatic hydroxyl groups is 2. The second-order valence-electron chi connectivity index (χ2n) is 6.92. The SMILES string of the molecule is [2H]C([2H])(OP(=O)(O)OC[C@@H](COC)NC(C)=O)[C@H]1O[C@@H](n2ccc(=O)[nH]c2=S)C(C)(O)[C@H]1O. The average Bonchev–Trinajstić information content (AvgIpc) is 2.89. The van der Waals surface area contributed by atoms with E-state index in [-0.39, 0.29) is 11.4 Å². The highest BCUT2D eigenvalue weighted by Gasteiger charge is 2.53. The number of H-pyrrole nitrogens is 1. The van der Waals surface area contributed by atoms with Gasteiger partial charge in [-0.15, -0.1) is 0 Å². The largest absolute Gasteiger partial charge is 0.472 e. The van der Waals surface area contributed by atoms with Gasteiger partial charge in [0.15, 0.2) is 11.0 Å². The summed E-state index contributed by atoms with van der Waals surface area (Å²) in [4.78, 5) is 34.9. The minimum Gasteiger partial charge on any atom is -0.387 e. The van der Waals surface area contributed by atoms with Crippen LogP contribution in [0.3, 0.4) is 0 Å². The minimum atomic E-state index is -5.09. The topological polar surface area (TPSA) is 182 Å². The third kappa shape index (κ3) is 6.75. The van der Waals surface area contributed by atoms with Gasteiger partial charge >= 0.3 is 7.82 Å². The van der Waals surface area contributed by atoms with Crippen LogP contribution in [-0.4, -0.2) is 81.3 Å². The van der Waals surface area contributed by atoms with Gasteiger partial charge < -0.3 is 29.9 Å². The van der Waals surface area contributed by atoms with Crippen LogP contribution in [0, 0.1) is 4.77 Å². The first-order valence-corrected chi connectivity index (χ1v) is 10.8. The smallest absolute Gasteiger partial charge is 0.387 e. The van der Waals surface area contributed by atoms with E-state index in [0.29, 0.717) is 0 Å². The van der Waals surface area contributed by atoms with Gasteiger partial charge in [-0.25, -0.2) is 4.57 Å². The number of phosphoric ester groups is 1. The Balaban J connectivity index is 2.19. The molecule has 15 heteroatoms. The summed E-state index contributed by atoms with van der Waals surface area (Å²) in [5.74, 6) is -0.457. The van der Waals surface area contributed by atoms with Crippen LogP contribution < -0.4 is 10.9 Å². The highest BCUT2D eigenvalue weighted by molar-refractivity contribution is 7.71. The quantitative estimate of drug-likeness (QED) is 0.207. The number of rotatable bonds is 10. The second kappa shape index (κ2) is 10.4. The minimum absolute atomic E-state index is 0.0682. The molecule has 2 unspecified atom stereocenters. The first-order chi connectivity index (χ1) is 15.1. The molecular formula is C16H26N3O10PS. The predicted molar refractivity (Wildman–Crippen MR) is 108 cm³/mol. The lowest BCUT2D eigenvalue weighted by molar-refractivity contribution is -0.120. The molecule has 6 atom stereocenters. The molecule has 176 valence electrons. The Hall–Kier alpha value is -1.48. The van der Waals surface area contributed by atoms with E-state index in [4.69, 9.17) is 29.0 Å². The maximum absolute atomic E-state index is 12.3. The summed E-state index contributed by atoms with van der Waals surface area (Å²) in [6.45, 7) is -1.42. The normalized spacial score (nSPS) is 30.2. The number of phosphoric acid groups is 1. The standard InChI is InChI=1S/C16H26N3O10PS/c1-9(20)17-10(6-26-3)7-27-30(24,25)28-8-11-13(22)16(2,23)14(29-11)19-5-4-12(21)18-15(19)31/h4-5,10-11,13-14,22-23H,6-8H2,1-3H3,(H,17,20)(H,24,25)(H,18,21,31)/t10-,11-,13+,14-,16?/m1/s1/i8D2. The van der Waals surface area contributed by atoms with E-state index in [1.807, 2.05) is 0 Å². The number of aromatic amines is 1. The van der Waals surface area contributed by atoms with Gasteiger partial charge in [0, 0.05) is 26.3 Å². The van der Waals surface area contributed by atoms with Crippen molar-refractivity contribution in [1.82, 2.24) is 14.9 Å². The monoisotopic (exact) mass is 485 g/mol. The summed E-state index contributed by atoms with van der Waals surface area (Å²) in [5, 5.41) is 23.7. The molecule has 13 nitrogen and oxygen atoms in total. The number of carbonyl (C=O) groups excluding carboxylic acids is 1. The van der Waals surface area contributed by atoms with Gasteiger partial charge in [-0.2, -0.15) is 0 Å². The number of aromatic nitrogens is 2. The number of amides is 1. The Morgan fingerprint density at radius 3 is 2.81 bits per heavy atom. The van der Waals surface area contributed by atoms with Crippen LogP contribution in [0.4, 0.5) is 0 Å². The van der Waals surface area contributed by atoms with Crippen molar-refractivity contribution in [2.75, 3.05) is 26.9 Å². The lowest BCUT2D eigenvalue weighted by Gasteiger charge is -2.28. The number of aliphatic hydroxyl groups excluding tert-OH is 1. The number of hydrogen-bond donors (Lipinski definition) is 5. The first-order valence-electron chi connectivity index (χ1n) is 9.92. The van der Waals surface area contributed by atoms with Crippen molar-refractivity contribution in [3.05, 3.63) is 27.4 Å². The molecule has 2 rings (SSSR count). The molecular weight excluding hydrogens is 457 g/mol. The van der Waals surface area contributed by atoms with E-state index < -0.39 is 62.5 Å². The number of carbonyl (C=O) groups is 1. The van der Waals surface area contributed by atoms with Crippen LogP contribution in [0.5, 0.6) is 0 Å². The third-order valence-electron chi connectivity index (χ3n) is 4.26. The van der Waals surface area contributed by atoms with E-state index >= 15 is 0 Å². The van der Waals surface area contributed by atoms with E-state index in [1.54, 1.807) is 0 Å². The lowest BCUT2D eigenvalue weighted by atomic mass is 9.96. The Kier molecular flexibility index (Phi) is 7.63. The van der Waals surface area contributed by atoms with Gasteiger partial charge in [-0.05, 0) is 19.1 Å². The van der Waals surface area contributed by atoms with Crippen LogP contribution >= 0.6 is 20.0 Å². The van der Waals surface area contributed by atoms with Crippen molar-refractivity contribution in [3.8, 4) is 0 Å². The molecule has 2 heterocycles. The highest BCUT2D eigenvalue weighted by atomic mass is 32.1. The molecule has 0 bridgehead atoms. The van der Waals surface area contributed by atoms with Crippen molar-refractivity contribution < 1.29 is 45.7 Å². The molecule has 1 aliphatic rings. The van der Waals surface area contributed by atoms with Gasteiger partial charge in [0.25, 0.3) is 5.56 Å².